The third-order valence-corrected chi connectivity index (χ3v) is 10.0. The summed E-state index contributed by atoms with van der Waals surface area (Å²) in [6.07, 6.45) is 4.32. The van der Waals surface area contributed by atoms with Crippen LogP contribution in [-0.2, 0) is 23.5 Å². The van der Waals surface area contributed by atoms with Crippen LogP contribution in [0, 0.1) is 0 Å². The van der Waals surface area contributed by atoms with E-state index in [-0.39, 0.29) is 0 Å². The third kappa shape index (κ3) is 9.03. The molecule has 0 aromatic heterocycles. The van der Waals surface area contributed by atoms with Gasteiger partial charge in [0.2, 0.25) is 0 Å². The Morgan fingerprint density at radius 1 is 0.405 bits per heavy atom. The van der Waals surface area contributed by atoms with Crippen LogP contribution in [0.15, 0.2) is 97.1 Å². The minimum atomic E-state index is 0.394. The zero-order valence-electron chi connectivity index (χ0n) is 24.7. The summed E-state index contributed by atoms with van der Waals surface area (Å²) in [5.41, 5.74) is 10.2. The van der Waals surface area contributed by atoms with Crippen LogP contribution >= 0.6 is 46.4 Å². The monoisotopic (exact) mass is 638 g/mol. The van der Waals surface area contributed by atoms with Crippen LogP contribution in [0.25, 0.3) is 0 Å². The van der Waals surface area contributed by atoms with Gasteiger partial charge in [-0.05, 0) is 93.9 Å². The molecule has 4 atom stereocenters. The summed E-state index contributed by atoms with van der Waals surface area (Å²) in [5.74, 6) is 3.82. The Morgan fingerprint density at radius 3 is 1.02 bits per heavy atom. The normalized spacial score (nSPS) is 14.3. The van der Waals surface area contributed by atoms with Crippen molar-refractivity contribution in [1.82, 2.24) is 0 Å². The second-order valence-electron chi connectivity index (χ2n) is 11.6. The number of alkyl halides is 4. The van der Waals surface area contributed by atoms with Crippen LogP contribution in [0.3, 0.4) is 0 Å². The number of hydrogen-bond acceptors (Lipinski definition) is 0. The van der Waals surface area contributed by atoms with E-state index in [4.69, 9.17) is 46.4 Å². The minimum Gasteiger partial charge on any atom is -0.122 e. The Morgan fingerprint density at radius 2 is 0.690 bits per heavy atom. The van der Waals surface area contributed by atoms with Gasteiger partial charge in [-0.1, -0.05) is 111 Å². The molecule has 0 bridgehead atoms. The highest BCUT2D eigenvalue weighted by molar-refractivity contribution is 6.17. The van der Waals surface area contributed by atoms with Gasteiger partial charge in [0.15, 0.2) is 0 Å². The number of rotatable bonds is 15. The molecule has 0 spiro atoms. The summed E-state index contributed by atoms with van der Waals surface area (Å²) in [7, 11) is 0. The fourth-order valence-corrected chi connectivity index (χ4v) is 6.81. The van der Waals surface area contributed by atoms with Crippen LogP contribution in [0.2, 0.25) is 0 Å². The standard InChI is InChI=1S/C38H42Cl4/c1-3-32(34-14-6-29(24-40)7-15-34)21-38(36-18-10-31(26-42)11-19-36)22-37(35-16-8-30(25-41)9-17-35)20-27(2)33-12-4-28(23-39)5-13-33/h4-19,27,32,37-38H,3,20-26H2,1-2H3. The third-order valence-electron chi connectivity index (χ3n) is 8.79. The van der Waals surface area contributed by atoms with Crippen LogP contribution in [-0.4, -0.2) is 0 Å². The Balaban J connectivity index is 1.67. The van der Waals surface area contributed by atoms with E-state index in [9.17, 15) is 0 Å². The van der Waals surface area contributed by atoms with Crippen molar-refractivity contribution in [2.45, 2.75) is 86.7 Å². The number of benzene rings is 4. The SMILES string of the molecule is CCC(CC(CC(CC(C)c1ccc(CCl)cc1)c1ccc(CCl)cc1)c1ccc(CCl)cc1)c1ccc(CCl)cc1. The maximum atomic E-state index is 6.17. The second-order valence-corrected chi connectivity index (χ2v) is 12.7. The van der Waals surface area contributed by atoms with Gasteiger partial charge in [-0.3, -0.25) is 0 Å². The minimum absolute atomic E-state index is 0.394. The zero-order valence-corrected chi connectivity index (χ0v) is 27.7. The summed E-state index contributed by atoms with van der Waals surface area (Å²) < 4.78 is 0. The molecule has 4 unspecified atom stereocenters. The largest absolute Gasteiger partial charge is 0.122 e. The van der Waals surface area contributed by atoms with Crippen molar-refractivity contribution in [2.24, 2.45) is 0 Å². The molecule has 0 amide bonds. The Hall–Kier alpha value is -1.96. The van der Waals surface area contributed by atoms with E-state index in [0.29, 0.717) is 47.2 Å². The molecule has 0 heterocycles. The molecule has 4 rings (SSSR count). The van der Waals surface area contributed by atoms with E-state index < -0.39 is 0 Å². The van der Waals surface area contributed by atoms with Crippen molar-refractivity contribution in [3.8, 4) is 0 Å². The van der Waals surface area contributed by atoms with Gasteiger partial charge in [-0.15, -0.1) is 46.4 Å². The highest BCUT2D eigenvalue weighted by atomic mass is 35.5. The van der Waals surface area contributed by atoms with E-state index in [1.165, 1.54) is 22.3 Å². The molecule has 0 aliphatic heterocycles. The van der Waals surface area contributed by atoms with Gasteiger partial charge >= 0.3 is 0 Å². The lowest BCUT2D eigenvalue weighted by atomic mass is 9.75. The van der Waals surface area contributed by atoms with Gasteiger partial charge in [0, 0.05) is 23.5 Å². The van der Waals surface area contributed by atoms with E-state index in [1.54, 1.807) is 0 Å². The molecule has 0 nitrogen and oxygen atoms in total. The molecular weight excluding hydrogens is 598 g/mol. The first-order valence-electron chi connectivity index (χ1n) is 15.1. The average Bonchev–Trinajstić information content (AvgIpc) is 3.06. The first kappa shape index (κ1) is 32.9. The zero-order chi connectivity index (χ0) is 29.9. The summed E-state index contributed by atoms with van der Waals surface area (Å²) >= 11 is 24.5. The highest BCUT2D eigenvalue weighted by Gasteiger charge is 2.25. The van der Waals surface area contributed by atoms with Gasteiger partial charge in [0.25, 0.3) is 0 Å². The lowest BCUT2D eigenvalue weighted by Crippen LogP contribution is -2.13. The molecule has 42 heavy (non-hydrogen) atoms. The molecule has 222 valence electrons. The lowest BCUT2D eigenvalue weighted by Gasteiger charge is -2.30. The topological polar surface area (TPSA) is 0 Å². The fourth-order valence-electron chi connectivity index (χ4n) is 6.10. The maximum Gasteiger partial charge on any atom is 0.0474 e. The van der Waals surface area contributed by atoms with E-state index in [1.807, 2.05) is 0 Å². The molecule has 0 saturated carbocycles. The van der Waals surface area contributed by atoms with Crippen molar-refractivity contribution in [2.75, 3.05) is 0 Å². The molecule has 0 aliphatic carbocycles. The summed E-state index contributed by atoms with van der Waals surface area (Å²) in [6.45, 7) is 4.66. The average molecular weight is 641 g/mol. The molecule has 4 aromatic carbocycles. The van der Waals surface area contributed by atoms with E-state index in [0.717, 1.165) is 47.9 Å². The van der Waals surface area contributed by atoms with Gasteiger partial charge in [-0.25, -0.2) is 0 Å². The predicted octanol–water partition coefficient (Wildman–Crippen LogP) is 12.7. The summed E-state index contributed by atoms with van der Waals surface area (Å²) in [5, 5.41) is 0. The van der Waals surface area contributed by atoms with Crippen LogP contribution in [0.4, 0.5) is 0 Å². The Kier molecular flexibility index (Phi) is 13.2. The molecular formula is C38H42Cl4. The Bertz CT molecular complexity index is 1330. The van der Waals surface area contributed by atoms with Crippen molar-refractivity contribution in [1.29, 1.82) is 0 Å². The van der Waals surface area contributed by atoms with Crippen molar-refractivity contribution < 1.29 is 0 Å². The fraction of sp³-hybridized carbons (Fsp3) is 0.368. The van der Waals surface area contributed by atoms with Gasteiger partial charge < -0.3 is 0 Å². The van der Waals surface area contributed by atoms with Crippen molar-refractivity contribution >= 4 is 46.4 Å². The number of hydrogen-bond donors (Lipinski definition) is 0. The molecule has 0 aliphatic rings. The van der Waals surface area contributed by atoms with Crippen molar-refractivity contribution in [3.05, 3.63) is 142 Å². The Labute approximate surface area is 273 Å². The molecule has 0 radical (unpaired) electrons. The highest BCUT2D eigenvalue weighted by Crippen LogP contribution is 2.42. The van der Waals surface area contributed by atoms with E-state index >= 15 is 0 Å². The first-order chi connectivity index (χ1) is 20.5. The van der Waals surface area contributed by atoms with Gasteiger partial charge in [-0.2, -0.15) is 0 Å². The maximum absolute atomic E-state index is 6.17. The van der Waals surface area contributed by atoms with Gasteiger partial charge in [0.05, 0.1) is 0 Å². The quantitative estimate of drug-likeness (QED) is 0.113. The molecule has 0 N–H and O–H groups in total. The smallest absolute Gasteiger partial charge is 0.0474 e. The molecule has 4 aromatic rings. The van der Waals surface area contributed by atoms with Crippen LogP contribution in [0.5, 0.6) is 0 Å². The predicted molar refractivity (Wildman–Crippen MR) is 185 cm³/mol. The van der Waals surface area contributed by atoms with Gasteiger partial charge in [0.1, 0.15) is 0 Å². The first-order valence-corrected chi connectivity index (χ1v) is 17.2. The summed E-state index contributed by atoms with van der Waals surface area (Å²) in [6, 6.07) is 35.6. The van der Waals surface area contributed by atoms with E-state index in [2.05, 4.69) is 111 Å². The van der Waals surface area contributed by atoms with Crippen LogP contribution in [0.1, 0.15) is 108 Å². The molecule has 0 saturated heterocycles. The van der Waals surface area contributed by atoms with Crippen molar-refractivity contribution in [3.63, 3.8) is 0 Å². The van der Waals surface area contributed by atoms with Crippen LogP contribution < -0.4 is 0 Å². The number of halogens is 4. The lowest BCUT2D eigenvalue weighted by molar-refractivity contribution is 0.428. The molecule has 4 heteroatoms. The summed E-state index contributed by atoms with van der Waals surface area (Å²) in [4.78, 5) is 0. The molecule has 0 fully saturated rings. The second kappa shape index (κ2) is 16.8.